The molecule has 304 valence electrons. The Morgan fingerprint density at radius 2 is 1.61 bits per heavy atom. The lowest BCUT2D eigenvalue weighted by Crippen LogP contribution is -2.39. The maximum atomic E-state index is 12.3. The number of nitrogens with zero attached hydrogens (tertiary/aromatic N) is 4. The summed E-state index contributed by atoms with van der Waals surface area (Å²) < 4.78 is 42.7. The van der Waals surface area contributed by atoms with Crippen LogP contribution in [0.2, 0.25) is 0 Å². The maximum absolute atomic E-state index is 12.3. The minimum absolute atomic E-state index is 0.111. The number of amides is 1. The van der Waals surface area contributed by atoms with Crippen LogP contribution in [0.5, 0.6) is 11.5 Å². The molecule has 2 heterocycles. The van der Waals surface area contributed by atoms with Crippen molar-refractivity contribution in [3.63, 3.8) is 0 Å². The van der Waals surface area contributed by atoms with Crippen molar-refractivity contribution in [3.05, 3.63) is 120 Å². The molecule has 1 aliphatic heterocycles. The first-order chi connectivity index (χ1) is 27.6. The molecule has 1 N–H and O–H groups in total. The number of rotatable bonds is 21. The number of imidazole rings is 1. The Bertz CT molecular complexity index is 1840. The molecule has 0 spiro atoms. The highest BCUT2D eigenvalue weighted by atomic mass is 31.2. The lowest BCUT2D eigenvalue weighted by Gasteiger charge is -2.39. The van der Waals surface area contributed by atoms with Crippen molar-refractivity contribution in [1.82, 2.24) is 19.5 Å². The van der Waals surface area contributed by atoms with E-state index in [9.17, 15) is 10.1 Å². The van der Waals surface area contributed by atoms with E-state index in [-0.39, 0.29) is 37.6 Å². The van der Waals surface area contributed by atoms with Gasteiger partial charge in [0.1, 0.15) is 29.4 Å². The minimum atomic E-state index is -1.60. The first-order valence-corrected chi connectivity index (χ1v) is 20.6. The molecule has 13 heteroatoms. The van der Waals surface area contributed by atoms with E-state index in [0.717, 1.165) is 34.6 Å². The van der Waals surface area contributed by atoms with Crippen LogP contribution in [-0.2, 0) is 28.9 Å². The third kappa shape index (κ3) is 11.1. The Kier molecular flexibility index (Phi) is 16.2. The summed E-state index contributed by atoms with van der Waals surface area (Å²) >= 11 is 0. The molecule has 1 fully saturated rings. The molecule has 1 aromatic heterocycles. The molecule has 57 heavy (non-hydrogen) atoms. The molecule has 12 nitrogen and oxygen atoms in total. The van der Waals surface area contributed by atoms with Crippen molar-refractivity contribution in [2.24, 2.45) is 0 Å². The molecule has 0 aliphatic carbocycles. The summed E-state index contributed by atoms with van der Waals surface area (Å²) in [5.41, 5.74) is 2.27. The quantitative estimate of drug-likeness (QED) is 0.0380. The summed E-state index contributed by atoms with van der Waals surface area (Å²) in [5.74, 6) is 1.28. The summed E-state index contributed by atoms with van der Waals surface area (Å²) in [6.45, 7) is 11.4. The largest absolute Gasteiger partial charge is 0.497 e. The number of nitrogens with one attached hydrogen (secondary N) is 1. The average Bonchev–Trinajstić information content (AvgIpc) is 3.87. The van der Waals surface area contributed by atoms with Crippen LogP contribution in [0.4, 0.5) is 0 Å². The van der Waals surface area contributed by atoms with Gasteiger partial charge in [-0.25, -0.2) is 9.65 Å². The van der Waals surface area contributed by atoms with Crippen molar-refractivity contribution in [2.75, 3.05) is 34.0 Å². The van der Waals surface area contributed by atoms with Crippen LogP contribution in [0.1, 0.15) is 82.5 Å². The lowest BCUT2D eigenvalue weighted by atomic mass is 9.80. The van der Waals surface area contributed by atoms with Gasteiger partial charge in [0, 0.05) is 37.3 Å². The van der Waals surface area contributed by atoms with Crippen LogP contribution in [0.15, 0.2) is 97.5 Å². The molecular weight excluding hydrogens is 741 g/mol. The van der Waals surface area contributed by atoms with Gasteiger partial charge >= 0.3 is 0 Å². The second kappa shape index (κ2) is 21.2. The van der Waals surface area contributed by atoms with Gasteiger partial charge in [0.25, 0.3) is 8.53 Å². The summed E-state index contributed by atoms with van der Waals surface area (Å²) in [7, 11) is 1.70. The summed E-state index contributed by atoms with van der Waals surface area (Å²) in [6, 6.07) is 28.4. The number of aromatic nitrogens is 2. The normalized spacial score (nSPS) is 17.7. The highest BCUT2D eigenvalue weighted by molar-refractivity contribution is 7.44. The first kappa shape index (κ1) is 43.5. The van der Waals surface area contributed by atoms with E-state index in [1.54, 1.807) is 26.6 Å². The van der Waals surface area contributed by atoms with Gasteiger partial charge in [0.2, 0.25) is 5.91 Å². The van der Waals surface area contributed by atoms with Gasteiger partial charge < -0.3 is 37.9 Å². The fourth-order valence-electron chi connectivity index (χ4n) is 6.90. The number of nitriles is 1. The fraction of sp³-hybridized carbons (Fsp3) is 0.432. The lowest BCUT2D eigenvalue weighted by molar-refractivity contribution is -0.116. The van der Waals surface area contributed by atoms with Gasteiger partial charge in [-0.3, -0.25) is 4.79 Å². The van der Waals surface area contributed by atoms with E-state index >= 15 is 0 Å². The van der Waals surface area contributed by atoms with Crippen LogP contribution in [0.25, 0.3) is 6.08 Å². The molecule has 3 aromatic carbocycles. The Labute approximate surface area is 338 Å². The Morgan fingerprint density at radius 1 is 1.00 bits per heavy atom. The molecule has 0 bridgehead atoms. The molecule has 4 aromatic rings. The highest BCUT2D eigenvalue weighted by Gasteiger charge is 2.45. The molecule has 4 atom stereocenters. The zero-order chi connectivity index (χ0) is 40.8. The van der Waals surface area contributed by atoms with Crippen molar-refractivity contribution in [3.8, 4) is 17.6 Å². The predicted molar refractivity (Wildman–Crippen MR) is 221 cm³/mol. The summed E-state index contributed by atoms with van der Waals surface area (Å²) in [6.07, 6.45) is 6.83. The number of benzene rings is 3. The molecule has 1 saturated heterocycles. The third-order valence-corrected chi connectivity index (χ3v) is 11.8. The molecule has 5 rings (SSSR count). The van der Waals surface area contributed by atoms with Crippen LogP contribution in [0.3, 0.4) is 0 Å². The van der Waals surface area contributed by atoms with Gasteiger partial charge in [0.15, 0.2) is 0 Å². The van der Waals surface area contributed by atoms with Crippen molar-refractivity contribution >= 4 is 20.5 Å². The van der Waals surface area contributed by atoms with Gasteiger partial charge in [-0.2, -0.15) is 5.26 Å². The number of carbonyl (C=O) groups excluding carboxylic acids is 1. The van der Waals surface area contributed by atoms with Crippen molar-refractivity contribution in [1.29, 1.82) is 5.26 Å². The van der Waals surface area contributed by atoms with Crippen LogP contribution in [0, 0.1) is 11.3 Å². The number of ether oxygens (including phenoxy) is 4. The smallest absolute Gasteiger partial charge is 0.259 e. The number of methoxy groups -OCH3 is 2. The maximum Gasteiger partial charge on any atom is 0.259 e. The van der Waals surface area contributed by atoms with Crippen LogP contribution >= 0.6 is 8.53 Å². The predicted octanol–water partition coefficient (Wildman–Crippen LogP) is 8.40. The topological polar surface area (TPSA) is 129 Å². The molecule has 1 unspecified atom stereocenters. The zero-order valence-corrected chi connectivity index (χ0v) is 34.9. The standard InChI is InChI=1S/C44H56N5O7P/c1-8-26-46-42(50)24-19-37-29-48(31-47-37)43-28-40(56-57(54-27-12-25-45)49(32(2)3)33(4)5)41(55-43)30-53-44(34-13-10-9-11-14-34,35-15-20-38(51-6)21-16-35)36-17-22-39(52-7)23-18-36/h9-11,13-24,29,31-33,40-41,43H,8,12,26-28,30H2,1-7H3,(H,46,50)/b24-19+/t40-,41+,43+,57?/m0/s1. The SMILES string of the molecule is CCCNC(=O)/C=C/c1cn([C@H]2C[C@H](OP(OCCC#N)N(C(C)C)C(C)C)[C@@H](COC(c3ccccc3)(c3ccc(OC)cc3)c3ccc(OC)cc3)O2)cn1. The van der Waals surface area contributed by atoms with Gasteiger partial charge in [-0.05, 0) is 81.1 Å². The van der Waals surface area contributed by atoms with Crippen molar-refractivity contribution in [2.45, 2.75) is 90.0 Å². The monoisotopic (exact) mass is 797 g/mol. The molecule has 1 aliphatic rings. The van der Waals surface area contributed by atoms with E-state index in [2.05, 4.69) is 60.9 Å². The average molecular weight is 798 g/mol. The van der Waals surface area contributed by atoms with E-state index in [4.69, 9.17) is 28.0 Å². The second-order valence-corrected chi connectivity index (χ2v) is 15.6. The fourth-order valence-corrected chi connectivity index (χ4v) is 8.66. The Balaban J connectivity index is 1.54. The van der Waals surface area contributed by atoms with Gasteiger partial charge in [0.05, 0.1) is 58.0 Å². The Hall–Kier alpha value is -4.60. The minimum Gasteiger partial charge on any atom is -0.497 e. The van der Waals surface area contributed by atoms with E-state index in [1.165, 1.54) is 6.08 Å². The van der Waals surface area contributed by atoms with E-state index in [0.29, 0.717) is 18.7 Å². The molecule has 0 radical (unpaired) electrons. The van der Waals surface area contributed by atoms with E-state index < -0.39 is 32.6 Å². The van der Waals surface area contributed by atoms with E-state index in [1.807, 2.05) is 84.4 Å². The summed E-state index contributed by atoms with van der Waals surface area (Å²) in [4.78, 5) is 16.8. The zero-order valence-electron chi connectivity index (χ0n) is 34.0. The Morgan fingerprint density at radius 3 is 2.18 bits per heavy atom. The molecular formula is C44H56N5O7P. The molecule has 0 saturated carbocycles. The molecule has 1 amide bonds. The second-order valence-electron chi connectivity index (χ2n) is 14.2. The third-order valence-electron chi connectivity index (χ3n) is 9.61. The number of hydrogen-bond acceptors (Lipinski definition) is 10. The van der Waals surface area contributed by atoms with Crippen LogP contribution < -0.4 is 14.8 Å². The number of carbonyl (C=O) groups is 1. The summed E-state index contributed by atoms with van der Waals surface area (Å²) in [5, 5.41) is 12.2. The highest BCUT2D eigenvalue weighted by Crippen LogP contribution is 2.51. The van der Waals surface area contributed by atoms with Crippen LogP contribution in [-0.4, -0.2) is 78.4 Å². The van der Waals surface area contributed by atoms with Gasteiger partial charge in [-0.1, -0.05) is 61.5 Å². The van der Waals surface area contributed by atoms with Crippen molar-refractivity contribution < 1.29 is 32.8 Å². The first-order valence-electron chi connectivity index (χ1n) is 19.5. The number of hydrogen-bond donors (Lipinski definition) is 1. The van der Waals surface area contributed by atoms with Gasteiger partial charge in [-0.15, -0.1) is 0 Å².